The summed E-state index contributed by atoms with van der Waals surface area (Å²) in [6.45, 7) is 9.91. The van der Waals surface area contributed by atoms with Crippen molar-refractivity contribution in [3.63, 3.8) is 0 Å². The van der Waals surface area contributed by atoms with Crippen LogP contribution >= 0.6 is 0 Å². The highest BCUT2D eigenvalue weighted by molar-refractivity contribution is 5.92. The van der Waals surface area contributed by atoms with Crippen LogP contribution in [0.15, 0.2) is 18.5 Å². The monoisotopic (exact) mass is 236 g/mol. The molecule has 4 nitrogen and oxygen atoms in total. The van der Waals surface area contributed by atoms with Gasteiger partial charge in [-0.25, -0.2) is 9.78 Å². The summed E-state index contributed by atoms with van der Waals surface area (Å²) >= 11 is 0. The number of hydrogen-bond acceptors (Lipinski definition) is 2. The Morgan fingerprint density at radius 3 is 2.41 bits per heavy atom. The van der Waals surface area contributed by atoms with Crippen LogP contribution < -0.4 is 0 Å². The van der Waals surface area contributed by atoms with Gasteiger partial charge in [-0.05, 0) is 18.6 Å². The van der Waals surface area contributed by atoms with Gasteiger partial charge in [-0.15, -0.1) is 0 Å². The van der Waals surface area contributed by atoms with Gasteiger partial charge in [0.2, 0.25) is 0 Å². The largest absolute Gasteiger partial charge is 0.478 e. The maximum absolute atomic E-state index is 10.6. The van der Waals surface area contributed by atoms with E-state index in [2.05, 4.69) is 9.97 Å². The molecule has 0 unspecified atom stereocenters. The number of aromatic carboxylic acids is 1. The molecule has 2 aromatic rings. The number of nitrogens with zero attached hydrogens (tertiary/aromatic N) is 1. The summed E-state index contributed by atoms with van der Waals surface area (Å²) in [7, 11) is 0. The van der Waals surface area contributed by atoms with Crippen LogP contribution in [0.3, 0.4) is 0 Å². The lowest BCUT2D eigenvalue weighted by Gasteiger charge is -1.94. The van der Waals surface area contributed by atoms with Crippen molar-refractivity contribution < 1.29 is 9.90 Å². The van der Waals surface area contributed by atoms with Gasteiger partial charge in [0, 0.05) is 17.8 Å². The molecule has 0 radical (unpaired) electrons. The van der Waals surface area contributed by atoms with Gasteiger partial charge in [-0.1, -0.05) is 27.7 Å². The fourth-order valence-corrected chi connectivity index (χ4v) is 1.25. The fraction of sp³-hybridized carbons (Fsp3) is 0.385. The maximum atomic E-state index is 10.6. The van der Waals surface area contributed by atoms with E-state index >= 15 is 0 Å². The van der Waals surface area contributed by atoms with Crippen LogP contribution in [0.1, 0.15) is 43.6 Å². The maximum Gasteiger partial charge on any atom is 0.337 e. The van der Waals surface area contributed by atoms with E-state index in [0.717, 1.165) is 16.6 Å². The lowest BCUT2D eigenvalue weighted by molar-refractivity contribution is 0.0696. The van der Waals surface area contributed by atoms with Crippen molar-refractivity contribution in [1.82, 2.24) is 9.97 Å². The van der Waals surface area contributed by atoms with E-state index in [-0.39, 0.29) is 5.56 Å². The van der Waals surface area contributed by atoms with Gasteiger partial charge in [-0.3, -0.25) is 0 Å². The van der Waals surface area contributed by atoms with Crippen LogP contribution in [0.5, 0.6) is 0 Å². The predicted octanol–water partition coefficient (Wildman–Crippen LogP) is 3.62. The normalized spacial score (nSPS) is 8.76. The number of aromatic amines is 1. The van der Waals surface area contributed by atoms with Gasteiger partial charge in [0.1, 0.15) is 5.65 Å². The number of rotatable bonds is 1. The van der Waals surface area contributed by atoms with Gasteiger partial charge < -0.3 is 10.1 Å². The molecular weight excluding hydrogens is 216 g/mol. The highest BCUT2D eigenvalue weighted by atomic mass is 16.4. The Morgan fingerprint density at radius 1 is 1.29 bits per heavy atom. The second-order valence-electron chi connectivity index (χ2n) is 2.90. The van der Waals surface area contributed by atoms with E-state index in [1.54, 1.807) is 6.07 Å². The highest BCUT2D eigenvalue weighted by Gasteiger charge is 2.06. The Balaban J connectivity index is 0.000000581. The Labute approximate surface area is 102 Å². The molecule has 0 atom stereocenters. The molecule has 0 saturated carbocycles. The number of carboxylic acid groups (broad SMARTS) is 1. The number of hydrogen-bond donors (Lipinski definition) is 2. The van der Waals surface area contributed by atoms with Gasteiger partial charge in [0.05, 0.1) is 5.56 Å². The van der Waals surface area contributed by atoms with Crippen molar-refractivity contribution in [2.45, 2.75) is 34.6 Å². The molecule has 0 spiro atoms. The SMILES string of the molecule is CC.CC.Cc1c[nH]c2ncc(C(=O)O)cc12. The molecule has 0 saturated heterocycles. The van der Waals surface area contributed by atoms with Gasteiger partial charge in [0.25, 0.3) is 0 Å². The number of carboxylic acids is 1. The summed E-state index contributed by atoms with van der Waals surface area (Å²) in [6.07, 6.45) is 3.16. The van der Waals surface area contributed by atoms with E-state index in [0.29, 0.717) is 0 Å². The Hall–Kier alpha value is -1.84. The molecule has 0 aliphatic heterocycles. The molecule has 2 aromatic heterocycles. The molecular formula is C13H20N2O2. The minimum Gasteiger partial charge on any atom is -0.478 e. The number of fused-ring (bicyclic) bond motifs is 1. The zero-order valence-corrected chi connectivity index (χ0v) is 11.0. The molecule has 17 heavy (non-hydrogen) atoms. The molecule has 4 heteroatoms. The van der Waals surface area contributed by atoms with E-state index in [1.165, 1.54) is 6.20 Å². The summed E-state index contributed by atoms with van der Waals surface area (Å²) < 4.78 is 0. The summed E-state index contributed by atoms with van der Waals surface area (Å²) in [4.78, 5) is 17.6. The molecule has 2 heterocycles. The van der Waals surface area contributed by atoms with Crippen molar-refractivity contribution in [3.8, 4) is 0 Å². The standard InChI is InChI=1S/C9H8N2O2.2C2H6/c1-5-3-10-8-7(5)2-6(4-11-8)9(12)13;2*1-2/h2-4H,1H3,(H,10,11)(H,12,13);2*1-2H3. The first-order valence-electron chi connectivity index (χ1n) is 5.85. The summed E-state index contributed by atoms with van der Waals surface area (Å²) in [5.41, 5.74) is 1.95. The lowest BCUT2D eigenvalue weighted by atomic mass is 10.2. The number of aromatic nitrogens is 2. The smallest absolute Gasteiger partial charge is 0.337 e. The fourth-order valence-electron chi connectivity index (χ4n) is 1.25. The van der Waals surface area contributed by atoms with Crippen LogP contribution in [0.2, 0.25) is 0 Å². The molecule has 94 valence electrons. The van der Waals surface area contributed by atoms with Crippen molar-refractivity contribution in [1.29, 1.82) is 0 Å². The second kappa shape index (κ2) is 7.44. The van der Waals surface area contributed by atoms with Crippen molar-refractivity contribution in [3.05, 3.63) is 29.6 Å². The Morgan fingerprint density at radius 2 is 1.88 bits per heavy atom. The lowest BCUT2D eigenvalue weighted by Crippen LogP contribution is -1.96. The first-order valence-corrected chi connectivity index (χ1v) is 5.85. The number of pyridine rings is 1. The Kier molecular flexibility index (Phi) is 6.63. The summed E-state index contributed by atoms with van der Waals surface area (Å²) in [5, 5.41) is 9.58. The van der Waals surface area contributed by atoms with Crippen LogP contribution in [-0.4, -0.2) is 21.0 Å². The van der Waals surface area contributed by atoms with Crippen LogP contribution in [-0.2, 0) is 0 Å². The minimum atomic E-state index is -0.949. The molecule has 0 aromatic carbocycles. The van der Waals surface area contributed by atoms with Crippen LogP contribution in [0, 0.1) is 6.92 Å². The first-order chi connectivity index (χ1) is 8.18. The third kappa shape index (κ3) is 3.59. The molecule has 0 fully saturated rings. The van der Waals surface area contributed by atoms with Gasteiger partial charge in [-0.2, -0.15) is 0 Å². The minimum absolute atomic E-state index is 0.218. The van der Waals surface area contributed by atoms with Crippen molar-refractivity contribution in [2.75, 3.05) is 0 Å². The molecule has 0 aliphatic carbocycles. The molecule has 2 rings (SSSR count). The van der Waals surface area contributed by atoms with E-state index in [4.69, 9.17) is 5.11 Å². The molecule has 2 N–H and O–H groups in total. The number of H-pyrrole nitrogens is 1. The predicted molar refractivity (Wildman–Crippen MR) is 70.5 cm³/mol. The van der Waals surface area contributed by atoms with Crippen molar-refractivity contribution in [2.24, 2.45) is 0 Å². The average molecular weight is 236 g/mol. The highest BCUT2D eigenvalue weighted by Crippen LogP contribution is 2.16. The zero-order valence-electron chi connectivity index (χ0n) is 11.0. The number of aryl methyl sites for hydroxylation is 1. The molecule has 0 bridgehead atoms. The summed E-state index contributed by atoms with van der Waals surface area (Å²) in [6, 6.07) is 1.62. The van der Waals surface area contributed by atoms with Crippen molar-refractivity contribution >= 4 is 17.0 Å². The first kappa shape index (κ1) is 15.2. The summed E-state index contributed by atoms with van der Waals surface area (Å²) in [5.74, 6) is -0.949. The van der Waals surface area contributed by atoms with Crippen LogP contribution in [0.25, 0.3) is 11.0 Å². The zero-order chi connectivity index (χ0) is 13.4. The molecule has 0 amide bonds. The van der Waals surface area contributed by atoms with Gasteiger partial charge >= 0.3 is 5.97 Å². The quantitative estimate of drug-likeness (QED) is 0.794. The van der Waals surface area contributed by atoms with E-state index in [1.807, 2.05) is 40.8 Å². The number of carbonyl (C=O) groups is 1. The average Bonchev–Trinajstić information content (AvgIpc) is 2.75. The third-order valence-corrected chi connectivity index (χ3v) is 1.98. The third-order valence-electron chi connectivity index (χ3n) is 1.98. The van der Waals surface area contributed by atoms with E-state index in [9.17, 15) is 4.79 Å². The topological polar surface area (TPSA) is 66.0 Å². The number of nitrogens with one attached hydrogen (secondary N) is 1. The van der Waals surface area contributed by atoms with Gasteiger partial charge in [0.15, 0.2) is 0 Å². The Bertz CT molecular complexity index is 475. The molecule has 0 aliphatic rings. The second-order valence-corrected chi connectivity index (χ2v) is 2.90. The van der Waals surface area contributed by atoms with Crippen LogP contribution in [0.4, 0.5) is 0 Å². The van der Waals surface area contributed by atoms with E-state index < -0.39 is 5.97 Å².